The quantitative estimate of drug-likeness (QED) is 0.576. The zero-order valence-electron chi connectivity index (χ0n) is 17.2. The molecule has 0 fully saturated rings. The molecule has 0 saturated carbocycles. The zero-order valence-corrected chi connectivity index (χ0v) is 17.2. The minimum atomic E-state index is -0.132. The fourth-order valence-corrected chi connectivity index (χ4v) is 3.09. The minimum absolute atomic E-state index is 0.00542. The first-order valence-corrected chi connectivity index (χ1v) is 9.45. The predicted octanol–water partition coefficient (Wildman–Crippen LogP) is 3.73. The lowest BCUT2D eigenvalue weighted by atomic mass is 10.1. The van der Waals surface area contributed by atoms with Crippen LogP contribution in [0.1, 0.15) is 34.2 Å². The van der Waals surface area contributed by atoms with Crippen molar-refractivity contribution < 1.29 is 14.3 Å². The van der Waals surface area contributed by atoms with Crippen LogP contribution in [0.25, 0.3) is 5.69 Å². The lowest BCUT2D eigenvalue weighted by molar-refractivity contribution is -0.132. The molecule has 0 aliphatic heterocycles. The molecule has 3 aromatic rings. The maximum absolute atomic E-state index is 12.5. The lowest BCUT2D eigenvalue weighted by Gasteiger charge is -2.18. The van der Waals surface area contributed by atoms with Crippen molar-refractivity contribution in [3.05, 3.63) is 77.1 Å². The van der Waals surface area contributed by atoms with Crippen LogP contribution in [0.3, 0.4) is 0 Å². The number of nitrogens with zero attached hydrogens (tertiary/aromatic N) is 3. The molecule has 1 aromatic heterocycles. The number of carbonyl (C=O) groups is 2. The second-order valence-electron chi connectivity index (χ2n) is 7.02. The van der Waals surface area contributed by atoms with Gasteiger partial charge in [-0.1, -0.05) is 18.2 Å². The third-order valence-electron chi connectivity index (χ3n) is 4.89. The van der Waals surface area contributed by atoms with E-state index in [4.69, 9.17) is 4.74 Å². The van der Waals surface area contributed by atoms with E-state index in [0.29, 0.717) is 17.9 Å². The molecule has 0 atom stereocenters. The number of rotatable bonds is 7. The van der Waals surface area contributed by atoms with E-state index in [-0.39, 0.29) is 18.3 Å². The molecular weight excluding hydrogens is 366 g/mol. The Kier molecular flexibility index (Phi) is 6.12. The SMILES string of the molecule is CC(=O)c1ccc(OCC(=O)N(C)Cc2c(C)nn(-c3ccccc3)c2C)cc1. The highest BCUT2D eigenvalue weighted by Gasteiger charge is 2.17. The first-order valence-electron chi connectivity index (χ1n) is 9.45. The first kappa shape index (κ1) is 20.3. The number of aryl methyl sites for hydroxylation is 1. The summed E-state index contributed by atoms with van der Waals surface area (Å²) in [6, 6.07) is 16.7. The maximum Gasteiger partial charge on any atom is 0.260 e. The van der Waals surface area contributed by atoms with Gasteiger partial charge in [-0.25, -0.2) is 4.68 Å². The number of hydrogen-bond acceptors (Lipinski definition) is 4. The third-order valence-corrected chi connectivity index (χ3v) is 4.89. The van der Waals surface area contributed by atoms with Crippen molar-refractivity contribution in [1.82, 2.24) is 14.7 Å². The van der Waals surface area contributed by atoms with Crippen LogP contribution in [0.15, 0.2) is 54.6 Å². The number of carbonyl (C=O) groups excluding carboxylic acids is 2. The van der Waals surface area contributed by atoms with Crippen LogP contribution in [0, 0.1) is 13.8 Å². The van der Waals surface area contributed by atoms with Gasteiger partial charge in [-0.05, 0) is 57.2 Å². The van der Waals surface area contributed by atoms with Crippen LogP contribution in [0.4, 0.5) is 0 Å². The van der Waals surface area contributed by atoms with Crippen molar-refractivity contribution in [3.63, 3.8) is 0 Å². The van der Waals surface area contributed by atoms with Gasteiger partial charge in [0.15, 0.2) is 12.4 Å². The normalized spacial score (nSPS) is 10.6. The number of benzene rings is 2. The van der Waals surface area contributed by atoms with Gasteiger partial charge < -0.3 is 9.64 Å². The number of likely N-dealkylation sites (N-methyl/N-ethyl adjacent to an activating group) is 1. The molecule has 0 unspecified atom stereocenters. The molecule has 6 heteroatoms. The lowest BCUT2D eigenvalue weighted by Crippen LogP contribution is -2.31. The van der Waals surface area contributed by atoms with Crippen LogP contribution < -0.4 is 4.74 Å². The maximum atomic E-state index is 12.5. The van der Waals surface area contributed by atoms with Crippen LogP contribution in [-0.2, 0) is 11.3 Å². The van der Waals surface area contributed by atoms with Crippen LogP contribution in [-0.4, -0.2) is 40.0 Å². The summed E-state index contributed by atoms with van der Waals surface area (Å²) in [5.74, 6) is 0.419. The molecule has 150 valence electrons. The number of ether oxygens (including phenoxy) is 1. The average Bonchev–Trinajstić information content (AvgIpc) is 3.01. The largest absolute Gasteiger partial charge is 0.484 e. The average molecular weight is 391 g/mol. The van der Waals surface area contributed by atoms with Crippen molar-refractivity contribution in [2.75, 3.05) is 13.7 Å². The first-order chi connectivity index (χ1) is 13.9. The summed E-state index contributed by atoms with van der Waals surface area (Å²) in [5, 5.41) is 4.63. The summed E-state index contributed by atoms with van der Waals surface area (Å²) in [5.41, 5.74) is 4.53. The fraction of sp³-hybridized carbons (Fsp3) is 0.261. The summed E-state index contributed by atoms with van der Waals surface area (Å²) in [4.78, 5) is 25.5. The van der Waals surface area contributed by atoms with Gasteiger partial charge in [-0.15, -0.1) is 0 Å². The van der Waals surface area contributed by atoms with E-state index in [0.717, 1.165) is 22.6 Å². The van der Waals surface area contributed by atoms with Gasteiger partial charge in [0.25, 0.3) is 5.91 Å². The van der Waals surface area contributed by atoms with Crippen molar-refractivity contribution in [3.8, 4) is 11.4 Å². The van der Waals surface area contributed by atoms with Gasteiger partial charge in [0.05, 0.1) is 11.4 Å². The topological polar surface area (TPSA) is 64.4 Å². The van der Waals surface area contributed by atoms with E-state index >= 15 is 0 Å². The molecule has 0 spiro atoms. The second-order valence-corrected chi connectivity index (χ2v) is 7.02. The fourth-order valence-electron chi connectivity index (χ4n) is 3.09. The van der Waals surface area contributed by atoms with E-state index in [9.17, 15) is 9.59 Å². The highest BCUT2D eigenvalue weighted by Crippen LogP contribution is 2.19. The molecule has 0 aliphatic rings. The summed E-state index contributed by atoms with van der Waals surface area (Å²) in [6.07, 6.45) is 0. The molecule has 0 bridgehead atoms. The molecule has 6 nitrogen and oxygen atoms in total. The monoisotopic (exact) mass is 391 g/mol. The Hall–Kier alpha value is -3.41. The summed E-state index contributed by atoms with van der Waals surface area (Å²) < 4.78 is 7.47. The van der Waals surface area contributed by atoms with Crippen molar-refractivity contribution >= 4 is 11.7 Å². The van der Waals surface area contributed by atoms with Crippen LogP contribution in [0.2, 0.25) is 0 Å². The molecule has 2 aromatic carbocycles. The Morgan fingerprint density at radius 2 is 1.69 bits per heavy atom. The molecular formula is C23H25N3O3. The zero-order chi connectivity index (χ0) is 21.0. The van der Waals surface area contributed by atoms with E-state index < -0.39 is 0 Å². The molecule has 0 aliphatic carbocycles. The molecule has 0 N–H and O–H groups in total. The van der Waals surface area contributed by atoms with Gasteiger partial charge in [0, 0.05) is 30.4 Å². The minimum Gasteiger partial charge on any atom is -0.484 e. The predicted molar refractivity (Wildman–Crippen MR) is 111 cm³/mol. The number of aromatic nitrogens is 2. The van der Waals surface area contributed by atoms with Crippen LogP contribution >= 0.6 is 0 Å². The van der Waals surface area contributed by atoms with E-state index in [1.165, 1.54) is 6.92 Å². The highest BCUT2D eigenvalue weighted by molar-refractivity contribution is 5.94. The molecule has 29 heavy (non-hydrogen) atoms. The number of para-hydroxylation sites is 1. The Morgan fingerprint density at radius 3 is 2.31 bits per heavy atom. The van der Waals surface area contributed by atoms with Gasteiger partial charge >= 0.3 is 0 Å². The number of ketones is 1. The van der Waals surface area contributed by atoms with E-state index in [2.05, 4.69) is 5.10 Å². The Labute approximate surface area is 170 Å². The second kappa shape index (κ2) is 8.73. The molecule has 3 rings (SSSR count). The summed E-state index contributed by atoms with van der Waals surface area (Å²) >= 11 is 0. The Balaban J connectivity index is 1.64. The van der Waals surface area contributed by atoms with Gasteiger partial charge in [-0.3, -0.25) is 9.59 Å². The summed E-state index contributed by atoms with van der Waals surface area (Å²) in [7, 11) is 1.75. The number of amides is 1. The molecule has 1 amide bonds. The molecule has 0 radical (unpaired) electrons. The molecule has 1 heterocycles. The number of hydrogen-bond donors (Lipinski definition) is 0. The van der Waals surface area contributed by atoms with Gasteiger partial charge in [-0.2, -0.15) is 5.10 Å². The van der Waals surface area contributed by atoms with Crippen LogP contribution in [0.5, 0.6) is 5.75 Å². The smallest absolute Gasteiger partial charge is 0.260 e. The third kappa shape index (κ3) is 4.71. The van der Waals surface area contributed by atoms with E-state index in [1.54, 1.807) is 36.2 Å². The van der Waals surface area contributed by atoms with Gasteiger partial charge in [0.2, 0.25) is 0 Å². The standard InChI is InChI=1S/C23H25N3O3/c1-16-22(17(2)26(24-16)20-8-6-5-7-9-20)14-25(4)23(28)15-29-21-12-10-19(11-13-21)18(3)27/h5-13H,14-15H2,1-4H3. The van der Waals surface area contributed by atoms with Crippen molar-refractivity contribution in [1.29, 1.82) is 0 Å². The van der Waals surface area contributed by atoms with Crippen molar-refractivity contribution in [2.24, 2.45) is 0 Å². The Bertz CT molecular complexity index is 1010. The number of Topliss-reactive ketones (excluding diaryl/α,β-unsaturated/α-hetero) is 1. The van der Waals surface area contributed by atoms with Crippen molar-refractivity contribution in [2.45, 2.75) is 27.3 Å². The summed E-state index contributed by atoms with van der Waals surface area (Å²) in [6.45, 7) is 5.86. The Morgan fingerprint density at radius 1 is 1.03 bits per heavy atom. The van der Waals surface area contributed by atoms with Gasteiger partial charge in [0.1, 0.15) is 5.75 Å². The van der Waals surface area contributed by atoms with E-state index in [1.807, 2.05) is 48.9 Å². The highest BCUT2D eigenvalue weighted by atomic mass is 16.5. The molecule has 0 saturated heterocycles.